The first-order chi connectivity index (χ1) is 8.63. The summed E-state index contributed by atoms with van der Waals surface area (Å²) in [6.07, 6.45) is 1.33. The summed E-state index contributed by atoms with van der Waals surface area (Å²) in [5, 5.41) is 4.82. The fourth-order valence-corrected chi connectivity index (χ4v) is 3.76. The Balaban J connectivity index is 1.86. The van der Waals surface area contributed by atoms with Crippen molar-refractivity contribution < 1.29 is 0 Å². The summed E-state index contributed by atoms with van der Waals surface area (Å²) in [7, 11) is 0. The van der Waals surface area contributed by atoms with Crippen molar-refractivity contribution in [2.45, 2.75) is 25.7 Å². The molecule has 0 unspecified atom stereocenters. The number of nitrogens with one attached hydrogen (secondary N) is 1. The average Bonchev–Trinajstić information content (AvgIpc) is 2.82. The van der Waals surface area contributed by atoms with Gasteiger partial charge in [-0.1, -0.05) is 19.1 Å². The first-order valence-corrected chi connectivity index (χ1v) is 6.72. The van der Waals surface area contributed by atoms with Gasteiger partial charge in [-0.05, 0) is 42.5 Å². The molecule has 2 aromatic rings. The van der Waals surface area contributed by atoms with Gasteiger partial charge in [0.1, 0.15) is 0 Å². The Bertz CT molecular complexity index is 645. The van der Waals surface area contributed by atoms with E-state index >= 15 is 0 Å². The summed E-state index contributed by atoms with van der Waals surface area (Å²) in [4.78, 5) is 4.58. The standard InChI is InChI=1S/C16H18N2/c1-11-3-4-12-7-13(5-6-14(12)18-11)16-8-15(16,2)9-17-10-16/h3-7,17H,8-10H2,1-2H3/t15-,16+/m1/s1. The fraction of sp³-hybridized carbons (Fsp3) is 0.438. The molecule has 0 amide bonds. The van der Waals surface area contributed by atoms with Crippen molar-refractivity contribution in [1.82, 2.24) is 10.3 Å². The van der Waals surface area contributed by atoms with Gasteiger partial charge in [0.25, 0.3) is 0 Å². The van der Waals surface area contributed by atoms with Crippen LogP contribution in [0.1, 0.15) is 24.6 Å². The van der Waals surface area contributed by atoms with Crippen LogP contribution in [0.5, 0.6) is 0 Å². The van der Waals surface area contributed by atoms with Gasteiger partial charge in [0.05, 0.1) is 5.52 Å². The highest BCUT2D eigenvalue weighted by Gasteiger charge is 2.67. The fourth-order valence-electron chi connectivity index (χ4n) is 3.76. The summed E-state index contributed by atoms with van der Waals surface area (Å²) in [6.45, 7) is 6.75. The third kappa shape index (κ3) is 1.19. The molecular formula is C16H18N2. The Morgan fingerprint density at radius 3 is 2.78 bits per heavy atom. The van der Waals surface area contributed by atoms with Crippen LogP contribution < -0.4 is 5.32 Å². The van der Waals surface area contributed by atoms with E-state index in [2.05, 4.69) is 47.6 Å². The normalized spacial score (nSPS) is 33.7. The maximum atomic E-state index is 4.58. The molecule has 18 heavy (non-hydrogen) atoms. The predicted molar refractivity (Wildman–Crippen MR) is 73.8 cm³/mol. The maximum Gasteiger partial charge on any atom is 0.0705 e. The van der Waals surface area contributed by atoms with E-state index in [1.54, 1.807) is 0 Å². The van der Waals surface area contributed by atoms with Crippen LogP contribution in [0.4, 0.5) is 0 Å². The molecule has 1 aliphatic heterocycles. The van der Waals surface area contributed by atoms with Gasteiger partial charge in [-0.3, -0.25) is 4.98 Å². The lowest BCUT2D eigenvalue weighted by Gasteiger charge is -2.15. The van der Waals surface area contributed by atoms with Gasteiger partial charge in [-0.15, -0.1) is 0 Å². The van der Waals surface area contributed by atoms with E-state index in [0.717, 1.165) is 24.3 Å². The highest BCUT2D eigenvalue weighted by molar-refractivity contribution is 5.80. The van der Waals surface area contributed by atoms with Gasteiger partial charge in [0.2, 0.25) is 0 Å². The largest absolute Gasteiger partial charge is 0.315 e. The molecule has 2 aliphatic rings. The molecule has 1 saturated heterocycles. The van der Waals surface area contributed by atoms with E-state index in [9.17, 15) is 0 Å². The van der Waals surface area contributed by atoms with E-state index in [0.29, 0.717) is 10.8 Å². The zero-order chi connectivity index (χ0) is 12.4. The molecule has 2 heterocycles. The summed E-state index contributed by atoms with van der Waals surface area (Å²) in [5.74, 6) is 0. The molecule has 1 aromatic carbocycles. The second kappa shape index (κ2) is 3.12. The van der Waals surface area contributed by atoms with Gasteiger partial charge in [0, 0.05) is 29.6 Å². The van der Waals surface area contributed by atoms with Crippen molar-refractivity contribution in [1.29, 1.82) is 0 Å². The second-order valence-electron chi connectivity index (χ2n) is 6.28. The van der Waals surface area contributed by atoms with Crippen LogP contribution in [-0.4, -0.2) is 18.1 Å². The molecule has 2 atom stereocenters. The molecule has 4 rings (SSSR count). The lowest BCUT2D eigenvalue weighted by atomic mass is 9.89. The maximum absolute atomic E-state index is 4.58. The van der Waals surface area contributed by atoms with Gasteiger partial charge in [0.15, 0.2) is 0 Å². The van der Waals surface area contributed by atoms with Crippen molar-refractivity contribution in [2.75, 3.05) is 13.1 Å². The Morgan fingerprint density at radius 2 is 2.06 bits per heavy atom. The van der Waals surface area contributed by atoms with Crippen molar-refractivity contribution in [3.63, 3.8) is 0 Å². The first kappa shape index (κ1) is 10.5. The quantitative estimate of drug-likeness (QED) is 0.826. The van der Waals surface area contributed by atoms with Gasteiger partial charge in [-0.2, -0.15) is 0 Å². The number of aromatic nitrogens is 1. The second-order valence-corrected chi connectivity index (χ2v) is 6.28. The lowest BCUT2D eigenvalue weighted by Crippen LogP contribution is -2.19. The number of fused-ring (bicyclic) bond motifs is 2. The van der Waals surface area contributed by atoms with Crippen LogP contribution in [0.2, 0.25) is 0 Å². The first-order valence-electron chi connectivity index (χ1n) is 6.72. The minimum atomic E-state index is 0.395. The number of hydrogen-bond donors (Lipinski definition) is 1. The molecule has 2 fully saturated rings. The molecule has 1 aliphatic carbocycles. The SMILES string of the molecule is Cc1ccc2cc([C@]34CNC[C@@]3(C)C4)ccc2n1. The molecule has 0 radical (unpaired) electrons. The summed E-state index contributed by atoms with van der Waals surface area (Å²) in [5.41, 5.74) is 4.58. The molecule has 0 bridgehead atoms. The highest BCUT2D eigenvalue weighted by atomic mass is 15.0. The number of hydrogen-bond acceptors (Lipinski definition) is 2. The Kier molecular flexibility index (Phi) is 1.82. The molecule has 2 heteroatoms. The number of benzene rings is 1. The minimum absolute atomic E-state index is 0.395. The number of pyridine rings is 1. The summed E-state index contributed by atoms with van der Waals surface area (Å²) >= 11 is 0. The monoisotopic (exact) mass is 238 g/mol. The molecule has 1 N–H and O–H groups in total. The Labute approximate surface area is 107 Å². The molecule has 1 saturated carbocycles. The van der Waals surface area contributed by atoms with Crippen molar-refractivity contribution in [3.8, 4) is 0 Å². The van der Waals surface area contributed by atoms with E-state index < -0.39 is 0 Å². The molecule has 2 nitrogen and oxygen atoms in total. The zero-order valence-electron chi connectivity index (χ0n) is 11.0. The van der Waals surface area contributed by atoms with Crippen LogP contribution in [0, 0.1) is 12.3 Å². The van der Waals surface area contributed by atoms with Crippen LogP contribution in [-0.2, 0) is 5.41 Å². The smallest absolute Gasteiger partial charge is 0.0705 e. The van der Waals surface area contributed by atoms with Crippen LogP contribution >= 0.6 is 0 Å². The number of aryl methyl sites for hydroxylation is 1. The van der Waals surface area contributed by atoms with Gasteiger partial charge >= 0.3 is 0 Å². The van der Waals surface area contributed by atoms with Crippen LogP contribution in [0.3, 0.4) is 0 Å². The van der Waals surface area contributed by atoms with Crippen LogP contribution in [0.15, 0.2) is 30.3 Å². The van der Waals surface area contributed by atoms with Crippen molar-refractivity contribution in [3.05, 3.63) is 41.6 Å². The summed E-state index contributed by atoms with van der Waals surface area (Å²) < 4.78 is 0. The zero-order valence-corrected chi connectivity index (χ0v) is 11.0. The molecule has 0 spiro atoms. The average molecular weight is 238 g/mol. The summed E-state index contributed by atoms with van der Waals surface area (Å²) in [6, 6.07) is 11.1. The third-order valence-electron chi connectivity index (χ3n) is 5.05. The minimum Gasteiger partial charge on any atom is -0.315 e. The topological polar surface area (TPSA) is 24.9 Å². The Morgan fingerprint density at radius 1 is 1.17 bits per heavy atom. The van der Waals surface area contributed by atoms with Gasteiger partial charge in [-0.25, -0.2) is 0 Å². The predicted octanol–water partition coefficient (Wildman–Crippen LogP) is 2.79. The van der Waals surface area contributed by atoms with Crippen molar-refractivity contribution >= 4 is 10.9 Å². The molecular weight excluding hydrogens is 220 g/mol. The molecule has 1 aromatic heterocycles. The van der Waals surface area contributed by atoms with E-state index in [-0.39, 0.29) is 0 Å². The highest BCUT2D eigenvalue weighted by Crippen LogP contribution is 2.66. The Hall–Kier alpha value is -1.41. The van der Waals surface area contributed by atoms with E-state index in [1.165, 1.54) is 17.4 Å². The third-order valence-corrected chi connectivity index (χ3v) is 5.05. The number of nitrogens with zero attached hydrogens (tertiary/aromatic N) is 1. The van der Waals surface area contributed by atoms with E-state index in [4.69, 9.17) is 0 Å². The van der Waals surface area contributed by atoms with Crippen LogP contribution in [0.25, 0.3) is 10.9 Å². The molecule has 92 valence electrons. The van der Waals surface area contributed by atoms with Crippen molar-refractivity contribution in [2.24, 2.45) is 5.41 Å². The van der Waals surface area contributed by atoms with Gasteiger partial charge < -0.3 is 5.32 Å². The number of rotatable bonds is 1. The lowest BCUT2D eigenvalue weighted by molar-refractivity contribution is 0.554. The van der Waals surface area contributed by atoms with E-state index in [1.807, 2.05) is 6.92 Å². The number of piperidine rings is 1.